The van der Waals surface area contributed by atoms with Gasteiger partial charge in [-0.2, -0.15) is 0 Å². The molecule has 0 fully saturated rings. The lowest BCUT2D eigenvalue weighted by Gasteiger charge is -2.04. The van der Waals surface area contributed by atoms with E-state index in [9.17, 15) is 4.79 Å². The van der Waals surface area contributed by atoms with Crippen molar-refractivity contribution in [2.45, 2.75) is 20.3 Å². The van der Waals surface area contributed by atoms with Crippen LogP contribution in [0.2, 0.25) is 0 Å². The van der Waals surface area contributed by atoms with Crippen molar-refractivity contribution < 1.29 is 9.90 Å². The molecule has 2 rings (SSSR count). The average Bonchev–Trinajstić information content (AvgIpc) is 2.78. The van der Waals surface area contributed by atoms with Crippen molar-refractivity contribution in [1.82, 2.24) is 15.0 Å². The zero-order chi connectivity index (χ0) is 12.4. The summed E-state index contributed by atoms with van der Waals surface area (Å²) >= 11 is 0. The van der Waals surface area contributed by atoms with Crippen molar-refractivity contribution >= 4 is 5.97 Å². The van der Waals surface area contributed by atoms with Crippen molar-refractivity contribution in [1.29, 1.82) is 0 Å². The molecule has 0 aliphatic carbocycles. The summed E-state index contributed by atoms with van der Waals surface area (Å²) in [6, 6.07) is 5.20. The van der Waals surface area contributed by atoms with Gasteiger partial charge in [-0.1, -0.05) is 18.2 Å². The minimum Gasteiger partial charge on any atom is -0.478 e. The summed E-state index contributed by atoms with van der Waals surface area (Å²) in [6.45, 7) is 3.76. The number of rotatable bonds is 3. The molecule has 5 heteroatoms. The van der Waals surface area contributed by atoms with Gasteiger partial charge in [-0.25, -0.2) is 9.48 Å². The van der Waals surface area contributed by atoms with E-state index in [-0.39, 0.29) is 5.56 Å². The summed E-state index contributed by atoms with van der Waals surface area (Å²) < 4.78 is 1.59. The molecule has 1 N–H and O–H groups in total. The standard InChI is InChI=1S/C12H13N3O2/c1-3-9-7-15(14-13-9)10-5-4-8(2)11(6-10)12(16)17/h4-7H,3H2,1-2H3,(H,16,17). The number of nitrogens with zero attached hydrogens (tertiary/aromatic N) is 3. The first-order valence-electron chi connectivity index (χ1n) is 5.37. The molecule has 5 nitrogen and oxygen atoms in total. The molecule has 0 radical (unpaired) electrons. The lowest BCUT2D eigenvalue weighted by molar-refractivity contribution is 0.0696. The number of hydrogen-bond donors (Lipinski definition) is 1. The molecule has 0 spiro atoms. The zero-order valence-corrected chi connectivity index (χ0v) is 9.71. The van der Waals surface area contributed by atoms with E-state index < -0.39 is 5.97 Å². The SMILES string of the molecule is CCc1cn(-c2ccc(C)c(C(=O)O)c2)nn1. The molecule has 0 bridgehead atoms. The van der Waals surface area contributed by atoms with Gasteiger partial charge in [0.1, 0.15) is 0 Å². The number of carbonyl (C=O) groups is 1. The van der Waals surface area contributed by atoms with Gasteiger partial charge in [0.25, 0.3) is 0 Å². The van der Waals surface area contributed by atoms with Gasteiger partial charge in [0.05, 0.1) is 23.1 Å². The van der Waals surface area contributed by atoms with Crippen LogP contribution in [0.15, 0.2) is 24.4 Å². The minimum absolute atomic E-state index is 0.288. The second-order valence-corrected chi connectivity index (χ2v) is 3.81. The summed E-state index contributed by atoms with van der Waals surface area (Å²) in [5.74, 6) is -0.930. The fourth-order valence-electron chi connectivity index (χ4n) is 1.57. The van der Waals surface area contributed by atoms with Gasteiger partial charge in [0, 0.05) is 0 Å². The molecule has 0 atom stereocenters. The van der Waals surface area contributed by atoms with E-state index in [1.807, 2.05) is 13.0 Å². The molecule has 88 valence electrons. The zero-order valence-electron chi connectivity index (χ0n) is 9.71. The third kappa shape index (κ3) is 2.18. The lowest BCUT2D eigenvalue weighted by atomic mass is 10.1. The van der Waals surface area contributed by atoms with E-state index in [1.54, 1.807) is 29.9 Å². The van der Waals surface area contributed by atoms with Gasteiger partial charge in [0.15, 0.2) is 0 Å². The van der Waals surface area contributed by atoms with Gasteiger partial charge in [-0.3, -0.25) is 0 Å². The summed E-state index contributed by atoms with van der Waals surface area (Å²) in [4.78, 5) is 11.0. The van der Waals surface area contributed by atoms with Crippen LogP contribution in [-0.2, 0) is 6.42 Å². The lowest BCUT2D eigenvalue weighted by Crippen LogP contribution is -2.03. The summed E-state index contributed by atoms with van der Waals surface area (Å²) in [5.41, 5.74) is 2.61. The number of aromatic carboxylic acids is 1. The Hall–Kier alpha value is -2.17. The monoisotopic (exact) mass is 231 g/mol. The molecule has 0 saturated heterocycles. The molecule has 17 heavy (non-hydrogen) atoms. The Balaban J connectivity index is 2.46. The van der Waals surface area contributed by atoms with E-state index >= 15 is 0 Å². The van der Waals surface area contributed by atoms with Crippen LogP contribution in [-0.4, -0.2) is 26.1 Å². The van der Waals surface area contributed by atoms with E-state index in [0.29, 0.717) is 5.69 Å². The van der Waals surface area contributed by atoms with Gasteiger partial charge in [-0.15, -0.1) is 5.10 Å². The summed E-state index contributed by atoms with van der Waals surface area (Å²) in [7, 11) is 0. The Kier molecular flexibility index (Phi) is 2.91. The smallest absolute Gasteiger partial charge is 0.336 e. The molecule has 0 saturated carbocycles. The van der Waals surface area contributed by atoms with Crippen LogP contribution >= 0.6 is 0 Å². The normalized spacial score (nSPS) is 10.5. The van der Waals surface area contributed by atoms with Crippen LogP contribution in [0.5, 0.6) is 0 Å². The second-order valence-electron chi connectivity index (χ2n) is 3.81. The number of carboxylic acids is 1. The number of hydrogen-bond acceptors (Lipinski definition) is 3. The molecule has 0 amide bonds. The van der Waals surface area contributed by atoms with Crippen LogP contribution < -0.4 is 0 Å². The maximum absolute atomic E-state index is 11.0. The van der Waals surface area contributed by atoms with E-state index in [4.69, 9.17) is 5.11 Å². The van der Waals surface area contributed by atoms with Crippen molar-refractivity contribution in [3.05, 3.63) is 41.2 Å². The summed E-state index contributed by atoms with van der Waals surface area (Å²) in [5, 5.41) is 17.0. The molecule has 0 aliphatic heterocycles. The van der Waals surface area contributed by atoms with Crippen molar-refractivity contribution in [3.63, 3.8) is 0 Å². The molecule has 0 aliphatic rings. The van der Waals surface area contributed by atoms with Crippen LogP contribution in [0.25, 0.3) is 5.69 Å². The highest BCUT2D eigenvalue weighted by molar-refractivity contribution is 5.90. The van der Waals surface area contributed by atoms with Crippen LogP contribution in [0.4, 0.5) is 0 Å². The molecule has 1 aromatic heterocycles. The first-order chi connectivity index (χ1) is 8.11. The Morgan fingerprint density at radius 1 is 1.47 bits per heavy atom. The van der Waals surface area contributed by atoms with Gasteiger partial charge in [0.2, 0.25) is 0 Å². The number of carboxylic acid groups (broad SMARTS) is 1. The van der Waals surface area contributed by atoms with Crippen molar-refractivity contribution in [2.24, 2.45) is 0 Å². The molecule has 1 heterocycles. The quantitative estimate of drug-likeness (QED) is 0.875. The Bertz CT molecular complexity index is 561. The third-order valence-electron chi connectivity index (χ3n) is 2.62. The number of aryl methyl sites for hydroxylation is 2. The van der Waals surface area contributed by atoms with E-state index in [2.05, 4.69) is 10.3 Å². The molecule has 0 unspecified atom stereocenters. The van der Waals surface area contributed by atoms with Crippen molar-refractivity contribution in [3.8, 4) is 5.69 Å². The van der Waals surface area contributed by atoms with E-state index in [1.165, 1.54) is 0 Å². The number of aromatic nitrogens is 3. The Labute approximate surface area is 98.7 Å². The average molecular weight is 231 g/mol. The third-order valence-corrected chi connectivity index (χ3v) is 2.62. The number of benzene rings is 1. The summed E-state index contributed by atoms with van der Waals surface area (Å²) in [6.07, 6.45) is 2.61. The first kappa shape index (κ1) is 11.3. The van der Waals surface area contributed by atoms with Crippen LogP contribution in [0.3, 0.4) is 0 Å². The maximum Gasteiger partial charge on any atom is 0.336 e. The van der Waals surface area contributed by atoms with Crippen LogP contribution in [0.1, 0.15) is 28.5 Å². The van der Waals surface area contributed by atoms with Gasteiger partial charge in [-0.05, 0) is 31.0 Å². The van der Waals surface area contributed by atoms with Crippen LogP contribution in [0, 0.1) is 6.92 Å². The predicted octanol–water partition coefficient (Wildman–Crippen LogP) is 1.84. The minimum atomic E-state index is -0.930. The largest absolute Gasteiger partial charge is 0.478 e. The van der Waals surface area contributed by atoms with Gasteiger partial charge < -0.3 is 5.11 Å². The predicted molar refractivity (Wildman–Crippen MR) is 62.4 cm³/mol. The molecule has 1 aromatic carbocycles. The van der Waals surface area contributed by atoms with Crippen molar-refractivity contribution in [2.75, 3.05) is 0 Å². The fraction of sp³-hybridized carbons (Fsp3) is 0.250. The Morgan fingerprint density at radius 3 is 2.82 bits per heavy atom. The molecular formula is C12H13N3O2. The second kappa shape index (κ2) is 4.37. The van der Waals surface area contributed by atoms with Gasteiger partial charge >= 0.3 is 5.97 Å². The molecule has 2 aromatic rings. The first-order valence-corrected chi connectivity index (χ1v) is 5.37. The Morgan fingerprint density at radius 2 is 2.24 bits per heavy atom. The van der Waals surface area contributed by atoms with E-state index in [0.717, 1.165) is 17.7 Å². The fourth-order valence-corrected chi connectivity index (χ4v) is 1.57. The molecular weight excluding hydrogens is 218 g/mol. The topological polar surface area (TPSA) is 68.0 Å². The highest BCUT2D eigenvalue weighted by atomic mass is 16.4. The highest BCUT2D eigenvalue weighted by Crippen LogP contribution is 2.14. The highest BCUT2D eigenvalue weighted by Gasteiger charge is 2.09. The maximum atomic E-state index is 11.0.